The van der Waals surface area contributed by atoms with Gasteiger partial charge in [0.1, 0.15) is 5.65 Å². The normalized spacial score (nSPS) is 10.9. The lowest BCUT2D eigenvalue weighted by molar-refractivity contribution is 1.08. The number of nitrogens with zero attached hydrogens (tertiary/aromatic N) is 2. The number of rotatable bonds is 4. The highest BCUT2D eigenvalue weighted by Crippen LogP contribution is 2.19. The van der Waals surface area contributed by atoms with Crippen molar-refractivity contribution in [1.82, 2.24) is 9.38 Å². The Hall–Kier alpha value is -1.65. The van der Waals surface area contributed by atoms with Crippen LogP contribution in [0.15, 0.2) is 53.7 Å². The van der Waals surface area contributed by atoms with E-state index in [0.717, 1.165) is 17.0 Å². The lowest BCUT2D eigenvalue weighted by Crippen LogP contribution is -1.99. The van der Waals surface area contributed by atoms with Crippen molar-refractivity contribution in [2.24, 2.45) is 0 Å². The van der Waals surface area contributed by atoms with Crippen molar-refractivity contribution in [1.29, 1.82) is 0 Å². The molecule has 2 aromatic heterocycles. The number of aromatic nitrogens is 2. The van der Waals surface area contributed by atoms with E-state index in [1.807, 2.05) is 28.9 Å². The molecule has 3 aromatic rings. The maximum Gasteiger partial charge on any atom is 0.137 e. The number of halogens is 1. The minimum absolute atomic E-state index is 0.692. The van der Waals surface area contributed by atoms with Crippen molar-refractivity contribution in [2.45, 2.75) is 11.4 Å². The number of thioether (sulfide) groups is 1. The second-order valence-electron chi connectivity index (χ2n) is 4.43. The van der Waals surface area contributed by atoms with E-state index in [0.29, 0.717) is 11.6 Å². The summed E-state index contributed by atoms with van der Waals surface area (Å²) in [5.41, 5.74) is 3.00. The van der Waals surface area contributed by atoms with E-state index in [2.05, 4.69) is 40.8 Å². The number of benzene rings is 1. The molecule has 0 fully saturated rings. The van der Waals surface area contributed by atoms with Gasteiger partial charge in [0.15, 0.2) is 0 Å². The van der Waals surface area contributed by atoms with Gasteiger partial charge in [-0.15, -0.1) is 11.8 Å². The predicted octanol–water partition coefficient (Wildman–Crippen LogP) is 4.32. The summed E-state index contributed by atoms with van der Waals surface area (Å²) in [5.74, 6) is 0. The van der Waals surface area contributed by atoms with E-state index in [9.17, 15) is 0 Å². The number of imidazole rings is 1. The molecule has 1 N–H and O–H groups in total. The Morgan fingerprint density at radius 3 is 3.00 bits per heavy atom. The molecule has 3 rings (SSSR count). The Kier molecular flexibility index (Phi) is 3.85. The van der Waals surface area contributed by atoms with E-state index >= 15 is 0 Å². The average molecular weight is 304 g/mol. The number of anilines is 1. The first kappa shape index (κ1) is 13.3. The smallest absolute Gasteiger partial charge is 0.137 e. The van der Waals surface area contributed by atoms with Crippen molar-refractivity contribution < 1.29 is 0 Å². The zero-order valence-electron chi connectivity index (χ0n) is 11.0. The third-order valence-corrected chi connectivity index (χ3v) is 3.96. The third-order valence-electron chi connectivity index (χ3n) is 3.01. The summed E-state index contributed by atoms with van der Waals surface area (Å²) in [4.78, 5) is 5.80. The topological polar surface area (TPSA) is 29.3 Å². The van der Waals surface area contributed by atoms with Gasteiger partial charge in [0.25, 0.3) is 0 Å². The SMILES string of the molecule is CSc1cccc(NCc2cn3cc(Cl)ccc3n2)c1. The first-order valence-electron chi connectivity index (χ1n) is 6.26. The lowest BCUT2D eigenvalue weighted by Gasteiger charge is -2.05. The fraction of sp³-hybridized carbons (Fsp3) is 0.133. The van der Waals surface area contributed by atoms with Gasteiger partial charge in [0, 0.05) is 23.0 Å². The van der Waals surface area contributed by atoms with E-state index < -0.39 is 0 Å². The molecule has 5 heteroatoms. The summed E-state index contributed by atoms with van der Waals surface area (Å²) in [6, 6.07) is 12.1. The van der Waals surface area contributed by atoms with Crippen LogP contribution in [0.1, 0.15) is 5.69 Å². The molecule has 0 bridgehead atoms. The molecule has 0 amide bonds. The summed E-state index contributed by atoms with van der Waals surface area (Å²) in [6.45, 7) is 0.692. The summed E-state index contributed by atoms with van der Waals surface area (Å²) in [5, 5.41) is 4.10. The van der Waals surface area contributed by atoms with Crippen LogP contribution in [0.3, 0.4) is 0 Å². The van der Waals surface area contributed by atoms with Gasteiger partial charge in [0.2, 0.25) is 0 Å². The van der Waals surface area contributed by atoms with Crippen LogP contribution in [-0.4, -0.2) is 15.6 Å². The van der Waals surface area contributed by atoms with Gasteiger partial charge in [0.05, 0.1) is 17.3 Å². The van der Waals surface area contributed by atoms with Crippen molar-refractivity contribution in [3.05, 3.63) is 59.5 Å². The van der Waals surface area contributed by atoms with Crippen molar-refractivity contribution in [2.75, 3.05) is 11.6 Å². The summed E-state index contributed by atoms with van der Waals surface area (Å²) < 4.78 is 1.94. The van der Waals surface area contributed by atoms with Crippen LogP contribution in [0.25, 0.3) is 5.65 Å². The van der Waals surface area contributed by atoms with Crippen LogP contribution < -0.4 is 5.32 Å². The quantitative estimate of drug-likeness (QED) is 0.728. The minimum atomic E-state index is 0.692. The van der Waals surface area contributed by atoms with Gasteiger partial charge in [-0.3, -0.25) is 0 Å². The molecule has 2 heterocycles. The monoisotopic (exact) mass is 303 g/mol. The molecule has 0 spiro atoms. The molecule has 0 aliphatic rings. The molecule has 0 aliphatic carbocycles. The fourth-order valence-electron chi connectivity index (χ4n) is 2.03. The van der Waals surface area contributed by atoms with Crippen LogP contribution in [0.5, 0.6) is 0 Å². The van der Waals surface area contributed by atoms with Crippen LogP contribution in [0.2, 0.25) is 5.02 Å². The highest BCUT2D eigenvalue weighted by molar-refractivity contribution is 7.98. The highest BCUT2D eigenvalue weighted by Gasteiger charge is 2.02. The predicted molar refractivity (Wildman–Crippen MR) is 85.8 cm³/mol. The van der Waals surface area contributed by atoms with Crippen LogP contribution >= 0.6 is 23.4 Å². The fourth-order valence-corrected chi connectivity index (χ4v) is 2.66. The molecule has 102 valence electrons. The second-order valence-corrected chi connectivity index (χ2v) is 5.75. The summed E-state index contributed by atoms with van der Waals surface area (Å²) in [7, 11) is 0. The van der Waals surface area contributed by atoms with Gasteiger partial charge < -0.3 is 9.72 Å². The standard InChI is InChI=1S/C15H14ClN3S/c1-20-14-4-2-3-12(7-14)17-8-13-10-19-9-11(16)5-6-15(19)18-13/h2-7,9-10,17H,8H2,1H3. The first-order valence-corrected chi connectivity index (χ1v) is 7.86. The molecule has 20 heavy (non-hydrogen) atoms. The van der Waals surface area contributed by atoms with Gasteiger partial charge >= 0.3 is 0 Å². The van der Waals surface area contributed by atoms with Gasteiger partial charge in [-0.2, -0.15) is 0 Å². The van der Waals surface area contributed by atoms with Crippen molar-refractivity contribution in [3.8, 4) is 0 Å². The summed E-state index contributed by atoms with van der Waals surface area (Å²) >= 11 is 7.70. The Bertz CT molecular complexity index is 739. The third kappa shape index (κ3) is 2.92. The number of nitrogens with one attached hydrogen (secondary N) is 1. The van der Waals surface area contributed by atoms with Crippen molar-refractivity contribution >= 4 is 34.7 Å². The Morgan fingerprint density at radius 2 is 2.15 bits per heavy atom. The van der Waals surface area contributed by atoms with Crippen LogP contribution in [0.4, 0.5) is 5.69 Å². The van der Waals surface area contributed by atoms with Gasteiger partial charge in [-0.25, -0.2) is 4.98 Å². The molecule has 3 nitrogen and oxygen atoms in total. The second kappa shape index (κ2) is 5.77. The zero-order valence-corrected chi connectivity index (χ0v) is 12.6. The van der Waals surface area contributed by atoms with E-state index in [-0.39, 0.29) is 0 Å². The first-order chi connectivity index (χ1) is 9.74. The highest BCUT2D eigenvalue weighted by atomic mass is 35.5. The van der Waals surface area contributed by atoms with E-state index in [1.165, 1.54) is 4.90 Å². The Labute approximate surface area is 127 Å². The molecule has 0 saturated heterocycles. The number of hydrogen-bond acceptors (Lipinski definition) is 3. The Morgan fingerprint density at radius 1 is 1.25 bits per heavy atom. The Balaban J connectivity index is 1.76. The van der Waals surface area contributed by atoms with Crippen LogP contribution in [0, 0.1) is 0 Å². The minimum Gasteiger partial charge on any atom is -0.379 e. The largest absolute Gasteiger partial charge is 0.379 e. The average Bonchev–Trinajstić information content (AvgIpc) is 2.87. The molecule has 1 aromatic carbocycles. The van der Waals surface area contributed by atoms with Gasteiger partial charge in [-0.1, -0.05) is 17.7 Å². The molecule has 0 aliphatic heterocycles. The zero-order chi connectivity index (χ0) is 13.9. The number of fused-ring (bicyclic) bond motifs is 1. The van der Waals surface area contributed by atoms with Crippen LogP contribution in [-0.2, 0) is 6.54 Å². The number of pyridine rings is 1. The molecule has 0 atom stereocenters. The van der Waals surface area contributed by atoms with E-state index in [4.69, 9.17) is 11.6 Å². The molecule has 0 saturated carbocycles. The maximum absolute atomic E-state index is 5.97. The molecular weight excluding hydrogens is 290 g/mol. The van der Waals surface area contributed by atoms with E-state index in [1.54, 1.807) is 11.8 Å². The molecular formula is C15H14ClN3S. The lowest BCUT2D eigenvalue weighted by atomic mass is 10.3. The number of hydrogen-bond donors (Lipinski definition) is 1. The van der Waals surface area contributed by atoms with Crippen molar-refractivity contribution in [3.63, 3.8) is 0 Å². The maximum atomic E-state index is 5.97. The molecule has 0 radical (unpaired) electrons. The van der Waals surface area contributed by atoms with Gasteiger partial charge in [-0.05, 0) is 36.6 Å². The summed E-state index contributed by atoms with van der Waals surface area (Å²) in [6.07, 6.45) is 5.93. The molecule has 0 unspecified atom stereocenters.